The van der Waals surface area contributed by atoms with E-state index >= 15 is 0 Å². The molecule has 0 aliphatic rings. The van der Waals surface area contributed by atoms with Crippen molar-refractivity contribution in [1.82, 2.24) is 0 Å². The van der Waals surface area contributed by atoms with Gasteiger partial charge in [0.15, 0.2) is 11.9 Å². The van der Waals surface area contributed by atoms with Gasteiger partial charge in [-0.25, -0.2) is 4.79 Å². The predicted octanol–water partition coefficient (Wildman–Crippen LogP) is -1.26. The minimum Gasteiger partial charge on any atom is -1.00 e. The first kappa shape index (κ1) is 15.4. The summed E-state index contributed by atoms with van der Waals surface area (Å²) < 4.78 is 6.62. The standard InChI is InChI=1S/C15H16NO2.BrH/c1-18-15(17)12-16-10-6-5-9-14(16)11-13-7-3-2-4-8-13;/h2-10H,11-12H2,1H3;1H/q+1;/p-1. The fourth-order valence-electron chi connectivity index (χ4n) is 1.84. The molecule has 0 fully saturated rings. The molecule has 1 aromatic heterocycles. The first-order chi connectivity index (χ1) is 8.79. The van der Waals surface area contributed by atoms with E-state index in [4.69, 9.17) is 4.74 Å². The molecule has 3 nitrogen and oxygen atoms in total. The molecule has 2 aromatic rings. The second kappa shape index (κ2) is 7.69. The van der Waals surface area contributed by atoms with Gasteiger partial charge in [-0.1, -0.05) is 36.4 Å². The topological polar surface area (TPSA) is 30.2 Å². The molecule has 0 amide bonds. The van der Waals surface area contributed by atoms with Crippen LogP contribution >= 0.6 is 0 Å². The lowest BCUT2D eigenvalue weighted by Gasteiger charge is -2.03. The number of nitrogens with zero attached hydrogens (tertiary/aromatic N) is 1. The molecule has 0 atom stereocenters. The van der Waals surface area contributed by atoms with Gasteiger partial charge in [-0.3, -0.25) is 0 Å². The van der Waals surface area contributed by atoms with Gasteiger partial charge < -0.3 is 21.7 Å². The Hall–Kier alpha value is -1.68. The summed E-state index contributed by atoms with van der Waals surface area (Å²) in [6, 6.07) is 16.1. The third-order valence-corrected chi connectivity index (χ3v) is 2.79. The van der Waals surface area contributed by atoms with E-state index in [1.54, 1.807) is 0 Å². The van der Waals surface area contributed by atoms with Crippen molar-refractivity contribution in [3.05, 3.63) is 66.0 Å². The lowest BCUT2D eigenvalue weighted by molar-refractivity contribution is -0.692. The van der Waals surface area contributed by atoms with E-state index in [0.717, 1.165) is 12.1 Å². The van der Waals surface area contributed by atoms with Crippen molar-refractivity contribution in [2.45, 2.75) is 13.0 Å². The van der Waals surface area contributed by atoms with Crippen LogP contribution in [0.1, 0.15) is 11.3 Å². The summed E-state index contributed by atoms with van der Waals surface area (Å²) in [7, 11) is 1.41. The van der Waals surface area contributed by atoms with E-state index in [2.05, 4.69) is 12.1 Å². The van der Waals surface area contributed by atoms with E-state index < -0.39 is 0 Å². The molecule has 1 heterocycles. The number of hydrogen-bond donors (Lipinski definition) is 0. The van der Waals surface area contributed by atoms with E-state index in [9.17, 15) is 4.79 Å². The van der Waals surface area contributed by atoms with Gasteiger partial charge in [-0.2, -0.15) is 4.57 Å². The summed E-state index contributed by atoms with van der Waals surface area (Å²) in [6.45, 7) is 0.250. The molecule has 2 rings (SSSR count). The van der Waals surface area contributed by atoms with Crippen molar-refractivity contribution >= 4 is 5.97 Å². The largest absolute Gasteiger partial charge is 1.00 e. The number of carbonyl (C=O) groups excluding carboxylic acids is 1. The number of benzene rings is 1. The second-order valence-electron chi connectivity index (χ2n) is 4.06. The van der Waals surface area contributed by atoms with Crippen LogP contribution in [-0.2, 0) is 22.5 Å². The second-order valence-corrected chi connectivity index (χ2v) is 4.06. The lowest BCUT2D eigenvalue weighted by atomic mass is 10.1. The fourth-order valence-corrected chi connectivity index (χ4v) is 1.84. The summed E-state index contributed by atoms with van der Waals surface area (Å²) >= 11 is 0. The molecule has 4 heteroatoms. The Bertz CT molecular complexity index is 529. The first-order valence-corrected chi connectivity index (χ1v) is 5.87. The quantitative estimate of drug-likeness (QED) is 0.520. The lowest BCUT2D eigenvalue weighted by Crippen LogP contribution is -3.00. The number of rotatable bonds is 4. The van der Waals surface area contributed by atoms with Crippen LogP contribution in [0.4, 0.5) is 0 Å². The molecule has 19 heavy (non-hydrogen) atoms. The zero-order valence-electron chi connectivity index (χ0n) is 10.8. The highest BCUT2D eigenvalue weighted by Crippen LogP contribution is 2.05. The Morgan fingerprint density at radius 2 is 1.79 bits per heavy atom. The highest BCUT2D eigenvalue weighted by molar-refractivity contribution is 5.67. The fraction of sp³-hybridized carbons (Fsp3) is 0.200. The van der Waals surface area contributed by atoms with Crippen LogP contribution in [0, 0.1) is 0 Å². The van der Waals surface area contributed by atoms with Gasteiger partial charge in [0.2, 0.25) is 6.54 Å². The van der Waals surface area contributed by atoms with Crippen LogP contribution in [0.2, 0.25) is 0 Å². The Labute approximate surface area is 123 Å². The summed E-state index contributed by atoms with van der Waals surface area (Å²) in [5, 5.41) is 0. The zero-order chi connectivity index (χ0) is 12.8. The van der Waals surface area contributed by atoms with Crippen LogP contribution in [0.3, 0.4) is 0 Å². The van der Waals surface area contributed by atoms with Crippen LogP contribution in [0.25, 0.3) is 0 Å². The van der Waals surface area contributed by atoms with Gasteiger partial charge in [-0.15, -0.1) is 0 Å². The Balaban J connectivity index is 0.00000180. The van der Waals surface area contributed by atoms with E-state index in [1.807, 2.05) is 47.2 Å². The van der Waals surface area contributed by atoms with Crippen LogP contribution < -0.4 is 21.5 Å². The Morgan fingerprint density at radius 1 is 1.11 bits per heavy atom. The monoisotopic (exact) mass is 321 g/mol. The first-order valence-electron chi connectivity index (χ1n) is 5.87. The number of methoxy groups -OCH3 is 1. The zero-order valence-corrected chi connectivity index (χ0v) is 12.3. The summed E-state index contributed by atoms with van der Waals surface area (Å²) in [4.78, 5) is 11.3. The number of aromatic nitrogens is 1. The van der Waals surface area contributed by atoms with Crippen molar-refractivity contribution in [1.29, 1.82) is 0 Å². The van der Waals surface area contributed by atoms with Gasteiger partial charge in [0, 0.05) is 12.1 Å². The smallest absolute Gasteiger partial charge is 0.372 e. The van der Waals surface area contributed by atoms with Gasteiger partial charge >= 0.3 is 5.97 Å². The summed E-state index contributed by atoms with van der Waals surface area (Å²) in [5.74, 6) is -0.236. The molecule has 0 saturated carbocycles. The van der Waals surface area contributed by atoms with Crippen molar-refractivity contribution in [3.8, 4) is 0 Å². The number of esters is 1. The molecular weight excluding hydrogens is 306 g/mol. The molecule has 0 bridgehead atoms. The number of halogens is 1. The van der Waals surface area contributed by atoms with Gasteiger partial charge in [0.1, 0.15) is 0 Å². The Morgan fingerprint density at radius 3 is 2.47 bits per heavy atom. The van der Waals surface area contributed by atoms with Crippen LogP contribution in [-0.4, -0.2) is 13.1 Å². The number of carbonyl (C=O) groups is 1. The summed E-state index contributed by atoms with van der Waals surface area (Å²) in [5.41, 5.74) is 2.32. The van der Waals surface area contributed by atoms with Crippen molar-refractivity contribution in [2.24, 2.45) is 0 Å². The van der Waals surface area contributed by atoms with Crippen LogP contribution in [0.15, 0.2) is 54.7 Å². The number of ether oxygens (including phenoxy) is 1. The maximum atomic E-state index is 11.3. The third kappa shape index (κ3) is 4.48. The minimum atomic E-state index is -0.236. The molecule has 0 radical (unpaired) electrons. The highest BCUT2D eigenvalue weighted by Gasteiger charge is 2.14. The maximum absolute atomic E-state index is 11.3. The van der Waals surface area contributed by atoms with Gasteiger partial charge in [0.25, 0.3) is 0 Å². The average molecular weight is 322 g/mol. The molecule has 0 spiro atoms. The van der Waals surface area contributed by atoms with E-state index in [0.29, 0.717) is 0 Å². The van der Waals surface area contributed by atoms with E-state index in [-0.39, 0.29) is 29.5 Å². The molecule has 0 N–H and O–H groups in total. The van der Waals surface area contributed by atoms with Crippen LogP contribution in [0.5, 0.6) is 0 Å². The number of pyridine rings is 1. The molecule has 0 aliphatic carbocycles. The molecular formula is C15H16BrNO2. The molecule has 1 aromatic carbocycles. The summed E-state index contributed by atoms with van der Waals surface area (Å²) in [6.07, 6.45) is 2.70. The molecule has 0 unspecified atom stereocenters. The van der Waals surface area contributed by atoms with Crippen molar-refractivity contribution in [3.63, 3.8) is 0 Å². The third-order valence-electron chi connectivity index (χ3n) is 2.79. The molecule has 0 aliphatic heterocycles. The van der Waals surface area contributed by atoms with Crippen molar-refractivity contribution in [2.75, 3.05) is 7.11 Å². The molecule has 0 saturated heterocycles. The van der Waals surface area contributed by atoms with E-state index in [1.165, 1.54) is 12.7 Å². The highest BCUT2D eigenvalue weighted by atomic mass is 79.9. The Kier molecular flexibility index (Phi) is 6.22. The molecule has 100 valence electrons. The van der Waals surface area contributed by atoms with Gasteiger partial charge in [-0.05, 0) is 5.56 Å². The normalized spacial score (nSPS) is 9.53. The number of hydrogen-bond acceptors (Lipinski definition) is 2. The SMILES string of the molecule is COC(=O)C[n+]1ccccc1Cc1ccccc1.[Br-]. The van der Waals surface area contributed by atoms with Gasteiger partial charge in [0.05, 0.1) is 13.5 Å². The maximum Gasteiger partial charge on any atom is 0.372 e. The predicted molar refractivity (Wildman–Crippen MR) is 67.9 cm³/mol. The minimum absolute atomic E-state index is 0. The van der Waals surface area contributed by atoms with Crippen molar-refractivity contribution < 1.29 is 31.1 Å². The average Bonchev–Trinajstić information content (AvgIpc) is 2.42.